The molecule has 2 rings (SSSR count). The molecule has 0 aliphatic carbocycles. The average Bonchev–Trinajstić information content (AvgIpc) is 3.35. The van der Waals surface area contributed by atoms with Crippen LogP contribution in [0.15, 0.2) is 0 Å². The van der Waals surface area contributed by atoms with Crippen molar-refractivity contribution < 1.29 is 14.3 Å². The van der Waals surface area contributed by atoms with Gasteiger partial charge in [-0.25, -0.2) is 0 Å². The third-order valence-corrected chi connectivity index (χ3v) is 4.49. The molecule has 3 nitrogen and oxygen atoms in total. The van der Waals surface area contributed by atoms with E-state index in [-0.39, 0.29) is 0 Å². The summed E-state index contributed by atoms with van der Waals surface area (Å²) in [6.07, 6.45) is 16.0. The van der Waals surface area contributed by atoms with E-state index in [2.05, 4.69) is 6.92 Å². The van der Waals surface area contributed by atoms with Gasteiger partial charge < -0.3 is 14.3 Å². The third-order valence-electron chi connectivity index (χ3n) is 4.49. The molecule has 2 saturated heterocycles. The van der Waals surface area contributed by atoms with Crippen molar-refractivity contribution in [3.8, 4) is 0 Å². The van der Waals surface area contributed by atoms with Crippen LogP contribution in [0.1, 0.15) is 77.6 Å². The van der Waals surface area contributed by atoms with Gasteiger partial charge in [0.25, 0.3) is 0 Å². The molecule has 20 heavy (non-hydrogen) atoms. The van der Waals surface area contributed by atoms with Crippen LogP contribution in [0.2, 0.25) is 0 Å². The first-order chi connectivity index (χ1) is 9.85. The van der Waals surface area contributed by atoms with Crippen molar-refractivity contribution in [2.24, 2.45) is 0 Å². The van der Waals surface area contributed by atoms with Crippen molar-refractivity contribution in [3.05, 3.63) is 0 Å². The molecular formula is C17H30O3. The lowest BCUT2D eigenvalue weighted by Crippen LogP contribution is -2.02. The molecule has 3 heteroatoms. The smallest absolute Gasteiger partial charge is 0.119 e. The van der Waals surface area contributed by atoms with Crippen molar-refractivity contribution in [1.29, 1.82) is 0 Å². The normalized spacial score (nSPS) is 31.2. The maximum atomic E-state index is 10.2. The minimum absolute atomic E-state index is 0.488. The van der Waals surface area contributed by atoms with E-state index in [0.717, 1.165) is 25.5 Å². The number of carbonyl (C=O) groups excluding carboxylic acids is 1. The molecule has 0 saturated carbocycles. The molecule has 2 aliphatic rings. The summed E-state index contributed by atoms with van der Waals surface area (Å²) in [5.41, 5.74) is 0. The highest BCUT2D eigenvalue weighted by Crippen LogP contribution is 2.38. The maximum Gasteiger partial charge on any atom is 0.119 e. The Morgan fingerprint density at radius 2 is 1.40 bits per heavy atom. The van der Waals surface area contributed by atoms with E-state index in [4.69, 9.17) is 9.47 Å². The van der Waals surface area contributed by atoms with Crippen molar-refractivity contribution in [2.45, 2.75) is 102 Å². The van der Waals surface area contributed by atoms with Crippen LogP contribution in [0, 0.1) is 0 Å². The molecule has 4 atom stereocenters. The maximum absolute atomic E-state index is 10.2. The van der Waals surface area contributed by atoms with Crippen molar-refractivity contribution in [1.82, 2.24) is 0 Å². The van der Waals surface area contributed by atoms with E-state index in [9.17, 15) is 4.79 Å². The van der Waals surface area contributed by atoms with Crippen LogP contribution in [0.5, 0.6) is 0 Å². The van der Waals surface area contributed by atoms with Crippen LogP contribution in [-0.2, 0) is 14.3 Å². The van der Waals surface area contributed by atoms with Crippen LogP contribution in [-0.4, -0.2) is 30.7 Å². The topological polar surface area (TPSA) is 42.1 Å². The van der Waals surface area contributed by atoms with Crippen LogP contribution in [0.4, 0.5) is 0 Å². The van der Waals surface area contributed by atoms with Gasteiger partial charge in [-0.3, -0.25) is 0 Å². The second-order valence-electron chi connectivity index (χ2n) is 6.32. The Hall–Kier alpha value is -0.410. The second kappa shape index (κ2) is 8.78. The largest absolute Gasteiger partial charge is 0.369 e. The Balaban J connectivity index is 1.37. The second-order valence-corrected chi connectivity index (χ2v) is 6.32. The fraction of sp³-hybridized carbons (Fsp3) is 0.941. The van der Waals surface area contributed by atoms with Crippen LogP contribution >= 0.6 is 0 Å². The first-order valence-corrected chi connectivity index (χ1v) is 8.59. The lowest BCUT2D eigenvalue weighted by Gasteiger charge is -1.98. The predicted octanol–water partition coefficient (Wildman–Crippen LogP) is 4.03. The van der Waals surface area contributed by atoms with E-state index >= 15 is 0 Å². The SMILES string of the molecule is CCCCC1OC1CC1OC1CCCCCCCC=O. The number of ether oxygens (including phenoxy) is 2. The van der Waals surface area contributed by atoms with Gasteiger partial charge in [0.2, 0.25) is 0 Å². The summed E-state index contributed by atoms with van der Waals surface area (Å²) in [7, 11) is 0. The Morgan fingerprint density at radius 1 is 0.800 bits per heavy atom. The summed E-state index contributed by atoms with van der Waals surface area (Å²) >= 11 is 0. The summed E-state index contributed by atoms with van der Waals surface area (Å²) in [5, 5.41) is 0. The zero-order chi connectivity index (χ0) is 14.2. The minimum atomic E-state index is 0.488. The van der Waals surface area contributed by atoms with Crippen LogP contribution < -0.4 is 0 Å². The van der Waals surface area contributed by atoms with E-state index in [0.29, 0.717) is 24.4 Å². The van der Waals surface area contributed by atoms with E-state index in [1.807, 2.05) is 0 Å². The standard InChI is InChI=1S/C17H30O3/c1-2-3-10-14-16(19-14)13-17-15(20-17)11-8-6-4-5-7-9-12-18/h12,14-17H,2-11,13H2,1H3. The highest BCUT2D eigenvalue weighted by atomic mass is 16.6. The number of aldehydes is 1. The predicted molar refractivity (Wildman–Crippen MR) is 79.8 cm³/mol. The summed E-state index contributed by atoms with van der Waals surface area (Å²) in [6.45, 7) is 2.23. The van der Waals surface area contributed by atoms with Crippen LogP contribution in [0.25, 0.3) is 0 Å². The monoisotopic (exact) mass is 282 g/mol. The fourth-order valence-corrected chi connectivity index (χ4v) is 3.02. The molecule has 0 aromatic rings. The van der Waals surface area contributed by atoms with Gasteiger partial charge in [0.1, 0.15) is 6.29 Å². The first-order valence-electron chi connectivity index (χ1n) is 8.59. The van der Waals surface area contributed by atoms with E-state index < -0.39 is 0 Å². The molecular weight excluding hydrogens is 252 g/mol. The number of hydrogen-bond donors (Lipinski definition) is 0. The molecule has 0 N–H and O–H groups in total. The molecule has 0 spiro atoms. The van der Waals surface area contributed by atoms with Gasteiger partial charge in [0.05, 0.1) is 24.4 Å². The molecule has 0 aromatic carbocycles. The molecule has 0 aromatic heterocycles. The van der Waals surface area contributed by atoms with E-state index in [1.165, 1.54) is 51.4 Å². The molecule has 0 bridgehead atoms. The molecule has 0 amide bonds. The Morgan fingerprint density at radius 3 is 2.05 bits per heavy atom. The number of carbonyl (C=O) groups is 1. The van der Waals surface area contributed by atoms with Crippen molar-refractivity contribution in [3.63, 3.8) is 0 Å². The van der Waals surface area contributed by atoms with Gasteiger partial charge in [-0.05, 0) is 19.3 Å². The van der Waals surface area contributed by atoms with Crippen molar-refractivity contribution >= 4 is 6.29 Å². The lowest BCUT2D eigenvalue weighted by molar-refractivity contribution is -0.107. The summed E-state index contributed by atoms with van der Waals surface area (Å²) in [6, 6.07) is 0. The number of rotatable bonds is 13. The zero-order valence-electron chi connectivity index (χ0n) is 12.9. The average molecular weight is 282 g/mol. The van der Waals surface area contributed by atoms with Gasteiger partial charge in [0.15, 0.2) is 0 Å². The number of unbranched alkanes of at least 4 members (excludes halogenated alkanes) is 6. The summed E-state index contributed by atoms with van der Waals surface area (Å²) < 4.78 is 11.4. The molecule has 0 radical (unpaired) electrons. The Kier molecular flexibility index (Phi) is 7.01. The highest BCUT2D eigenvalue weighted by Gasteiger charge is 2.47. The van der Waals surface area contributed by atoms with Gasteiger partial charge in [-0.15, -0.1) is 0 Å². The molecule has 2 fully saturated rings. The van der Waals surface area contributed by atoms with E-state index in [1.54, 1.807) is 0 Å². The lowest BCUT2D eigenvalue weighted by atomic mass is 10.0. The first kappa shape index (κ1) is 16.0. The molecule has 2 heterocycles. The van der Waals surface area contributed by atoms with Gasteiger partial charge in [-0.2, -0.15) is 0 Å². The summed E-state index contributed by atoms with van der Waals surface area (Å²) in [5.74, 6) is 0. The van der Waals surface area contributed by atoms with Gasteiger partial charge in [-0.1, -0.05) is 45.4 Å². The fourth-order valence-electron chi connectivity index (χ4n) is 3.02. The third kappa shape index (κ3) is 5.92. The Bertz CT molecular complexity index is 279. The molecule has 4 unspecified atom stereocenters. The quantitative estimate of drug-likeness (QED) is 0.291. The molecule has 116 valence electrons. The Labute approximate surface area is 123 Å². The van der Waals surface area contributed by atoms with Gasteiger partial charge in [0, 0.05) is 12.8 Å². The number of epoxide rings is 2. The number of hydrogen-bond acceptors (Lipinski definition) is 3. The summed E-state index contributed by atoms with van der Waals surface area (Å²) in [4.78, 5) is 10.2. The minimum Gasteiger partial charge on any atom is -0.369 e. The van der Waals surface area contributed by atoms with Crippen molar-refractivity contribution in [2.75, 3.05) is 0 Å². The van der Waals surface area contributed by atoms with Gasteiger partial charge >= 0.3 is 0 Å². The molecule has 2 aliphatic heterocycles. The highest BCUT2D eigenvalue weighted by molar-refractivity contribution is 5.48. The van der Waals surface area contributed by atoms with Crippen LogP contribution in [0.3, 0.4) is 0 Å². The zero-order valence-corrected chi connectivity index (χ0v) is 12.9.